The van der Waals surface area contributed by atoms with Gasteiger partial charge in [-0.3, -0.25) is 9.59 Å². The first-order valence-electron chi connectivity index (χ1n) is 10.7. The first-order chi connectivity index (χ1) is 15.5. The Balaban J connectivity index is 0.000000712. The summed E-state index contributed by atoms with van der Waals surface area (Å²) in [6, 6.07) is 13.5. The number of hydrogen-bond acceptors (Lipinski definition) is 5. The number of pyridine rings is 1. The molecule has 0 atom stereocenters. The zero-order valence-electron chi connectivity index (χ0n) is 21.3. The van der Waals surface area contributed by atoms with Crippen molar-refractivity contribution in [3.8, 4) is 0 Å². The van der Waals surface area contributed by atoms with Gasteiger partial charge in [0.25, 0.3) is 0 Å². The van der Waals surface area contributed by atoms with Crippen molar-refractivity contribution in [3.63, 3.8) is 0 Å². The number of ketones is 2. The summed E-state index contributed by atoms with van der Waals surface area (Å²) in [5.41, 5.74) is 10.2. The third-order valence-corrected chi connectivity index (χ3v) is 5.63. The van der Waals surface area contributed by atoms with Crippen LogP contribution in [0.4, 0.5) is 11.4 Å². The average Bonchev–Trinajstić information content (AvgIpc) is 2.72. The Morgan fingerprint density at radius 1 is 0.657 bits per heavy atom. The maximum atomic E-state index is 10.8. The summed E-state index contributed by atoms with van der Waals surface area (Å²) in [7, 11) is 0. The number of carbonyl (C=O) groups excluding carboxylic acids is 2. The number of aromatic nitrogens is 1. The van der Waals surface area contributed by atoms with Gasteiger partial charge in [-0.15, -0.1) is 24.8 Å². The summed E-state index contributed by atoms with van der Waals surface area (Å²) in [6.45, 7) is 15.5. The van der Waals surface area contributed by atoms with Gasteiger partial charge in [-0.25, -0.2) is 4.98 Å². The third-order valence-electron chi connectivity index (χ3n) is 4.96. The summed E-state index contributed by atoms with van der Waals surface area (Å²) >= 11 is 0.780. The van der Waals surface area contributed by atoms with E-state index in [2.05, 4.69) is 78.8 Å². The van der Waals surface area contributed by atoms with Crippen molar-refractivity contribution in [2.45, 2.75) is 55.4 Å². The number of nitrogens with zero attached hydrogens (tertiary/aromatic N) is 3. The molecule has 0 fully saturated rings. The van der Waals surface area contributed by atoms with Crippen molar-refractivity contribution in [3.05, 3.63) is 87.2 Å². The quantitative estimate of drug-likeness (QED) is 0.301. The van der Waals surface area contributed by atoms with Gasteiger partial charge in [-0.1, -0.05) is 6.07 Å². The predicted molar refractivity (Wildman–Crippen MR) is 144 cm³/mol. The van der Waals surface area contributed by atoms with Gasteiger partial charge in [0.1, 0.15) is 11.4 Å². The molecule has 0 saturated carbocycles. The fourth-order valence-electron chi connectivity index (χ4n) is 3.49. The van der Waals surface area contributed by atoms with E-state index in [4.69, 9.17) is 0 Å². The standard InChI is InChI=1S/C9H9NO2.2C9H11N.2ClH.Co/c1-6(11)8-4-3-5-9(10-8)7(2)12;2*1-6-4-7(2)9(10)8(3)5-6;;;/h3-5H,1-2H3;2*4-5H,1-3H3;2*1H;. The van der Waals surface area contributed by atoms with Gasteiger partial charge in [0.05, 0.1) is 0 Å². The molecule has 0 spiro atoms. The van der Waals surface area contributed by atoms with Gasteiger partial charge in [0.15, 0.2) is 11.6 Å². The van der Waals surface area contributed by atoms with Crippen molar-refractivity contribution in [1.29, 1.82) is 0 Å². The van der Waals surface area contributed by atoms with Crippen LogP contribution in [0, 0.1) is 41.5 Å². The van der Waals surface area contributed by atoms with E-state index in [1.165, 1.54) is 47.2 Å². The number of rotatable bonds is 4. The summed E-state index contributed by atoms with van der Waals surface area (Å²) in [5, 5.41) is 0. The van der Waals surface area contributed by atoms with E-state index in [0.29, 0.717) is 11.4 Å². The van der Waals surface area contributed by atoms with E-state index < -0.39 is 0 Å². The normalized spacial score (nSPS) is 9.60. The van der Waals surface area contributed by atoms with Gasteiger partial charge in [-0.2, -0.15) is 0 Å². The van der Waals surface area contributed by atoms with Crippen LogP contribution in [0.2, 0.25) is 0 Å². The Hall–Kier alpha value is -2.38. The summed E-state index contributed by atoms with van der Waals surface area (Å²) in [6.07, 6.45) is 0. The van der Waals surface area contributed by atoms with Crippen molar-refractivity contribution >= 4 is 47.8 Å². The molecule has 0 saturated heterocycles. The molecule has 0 amide bonds. The Morgan fingerprint density at radius 2 is 0.971 bits per heavy atom. The van der Waals surface area contributed by atoms with Gasteiger partial charge >= 0.3 is 133 Å². The molecule has 2 aromatic carbocycles. The number of hydrogen-bond donors (Lipinski definition) is 0. The average molecular weight is 561 g/mol. The Labute approximate surface area is 226 Å². The van der Waals surface area contributed by atoms with E-state index in [-0.39, 0.29) is 36.4 Å². The van der Waals surface area contributed by atoms with Crippen LogP contribution in [0.15, 0.2) is 50.5 Å². The van der Waals surface area contributed by atoms with Crippen LogP contribution in [0.3, 0.4) is 0 Å². The van der Waals surface area contributed by atoms with Crippen molar-refractivity contribution in [2.24, 2.45) is 7.99 Å². The molecule has 0 bridgehead atoms. The molecule has 0 aliphatic carbocycles. The zero-order chi connectivity index (χ0) is 24.7. The van der Waals surface area contributed by atoms with Crippen LogP contribution in [0.1, 0.15) is 68.2 Å². The smallest absolute Gasteiger partial charge is 0.147 e. The molecule has 0 radical (unpaired) electrons. The molecule has 5 nitrogen and oxygen atoms in total. The van der Waals surface area contributed by atoms with Crippen molar-refractivity contribution in [1.82, 2.24) is 4.98 Å². The SMILES string of the molecule is CC(=O)c1cccc(C(C)=O)n1.Cc1cc(C)c([N]=[Co]=[N]c2c(C)cc(C)cc2C)c(C)c1.Cl.Cl. The second-order valence-electron chi connectivity index (χ2n) is 8.23. The Bertz CT molecular complexity index is 1150. The van der Waals surface area contributed by atoms with Gasteiger partial charge < -0.3 is 0 Å². The first kappa shape index (κ1) is 32.6. The van der Waals surface area contributed by atoms with E-state index in [1.807, 2.05) is 0 Å². The van der Waals surface area contributed by atoms with Crippen molar-refractivity contribution < 1.29 is 23.9 Å². The Kier molecular flexibility index (Phi) is 13.9. The summed E-state index contributed by atoms with van der Waals surface area (Å²) < 4.78 is 9.30. The second-order valence-corrected chi connectivity index (χ2v) is 8.90. The third kappa shape index (κ3) is 9.65. The van der Waals surface area contributed by atoms with E-state index in [9.17, 15) is 9.59 Å². The van der Waals surface area contributed by atoms with Crippen LogP contribution in [-0.2, 0) is 14.3 Å². The van der Waals surface area contributed by atoms with E-state index in [1.54, 1.807) is 18.2 Å². The van der Waals surface area contributed by atoms with Crippen LogP contribution >= 0.6 is 24.8 Å². The van der Waals surface area contributed by atoms with Gasteiger partial charge in [0, 0.05) is 13.8 Å². The molecule has 1 heterocycles. The Morgan fingerprint density at radius 3 is 1.26 bits per heavy atom. The summed E-state index contributed by atoms with van der Waals surface area (Å²) in [4.78, 5) is 25.6. The molecule has 3 rings (SSSR count). The fourth-order valence-corrected chi connectivity index (χ4v) is 4.48. The van der Waals surface area contributed by atoms with Crippen LogP contribution in [-0.4, -0.2) is 16.6 Å². The maximum absolute atomic E-state index is 10.8. The minimum Gasteiger partial charge on any atom is -0.147 e. The van der Waals surface area contributed by atoms with Gasteiger partial charge in [-0.05, 0) is 12.1 Å². The topological polar surface area (TPSA) is 71.8 Å². The fraction of sp³-hybridized carbons (Fsp3) is 0.296. The van der Waals surface area contributed by atoms with Crippen LogP contribution in [0.25, 0.3) is 0 Å². The van der Waals surface area contributed by atoms with Crippen LogP contribution < -0.4 is 0 Å². The summed E-state index contributed by atoms with van der Waals surface area (Å²) in [5.74, 6) is -0.254. The van der Waals surface area contributed by atoms with Crippen LogP contribution in [0.5, 0.6) is 0 Å². The largest absolute Gasteiger partial charge is 0.147 e. The first-order valence-corrected chi connectivity index (χ1v) is 11.6. The number of carbonyl (C=O) groups is 2. The molecule has 0 aliphatic heterocycles. The number of benzene rings is 2. The molecule has 0 N–H and O–H groups in total. The van der Waals surface area contributed by atoms with E-state index in [0.717, 1.165) is 25.7 Å². The molecular weight excluding hydrogens is 528 g/mol. The second kappa shape index (κ2) is 14.9. The maximum Gasteiger partial charge on any atom is -0.147 e. The predicted octanol–water partition coefficient (Wildman–Crippen LogP) is 8.28. The molecule has 191 valence electrons. The van der Waals surface area contributed by atoms with E-state index >= 15 is 0 Å². The minimum absolute atomic E-state index is 0. The molecule has 0 aliphatic rings. The minimum atomic E-state index is -0.127. The molecule has 0 unspecified atom stereocenters. The number of halogens is 2. The molecule has 35 heavy (non-hydrogen) atoms. The number of aryl methyl sites for hydroxylation is 6. The molecule has 8 heteroatoms. The zero-order valence-corrected chi connectivity index (χ0v) is 24.0. The van der Waals surface area contributed by atoms with Crippen molar-refractivity contribution in [2.75, 3.05) is 0 Å². The molecular formula is C27H33Cl2CoN3O2. The molecule has 3 aromatic rings. The number of Topliss-reactive ketones (excluding diaryl/α,β-unsaturated/α-hetero) is 2. The molecule has 1 aromatic heterocycles. The van der Waals surface area contributed by atoms with Gasteiger partial charge in [0.2, 0.25) is 0 Å². The monoisotopic (exact) mass is 560 g/mol.